The van der Waals surface area contributed by atoms with E-state index in [4.69, 9.17) is 4.74 Å². The minimum absolute atomic E-state index is 0.183. The van der Waals surface area contributed by atoms with Crippen molar-refractivity contribution in [1.82, 2.24) is 9.59 Å². The smallest absolute Gasteiger partial charge is 0.352 e. The summed E-state index contributed by atoms with van der Waals surface area (Å²) >= 11 is 0.977. The molecule has 114 valence electrons. The molecule has 1 aliphatic rings. The Bertz CT molecular complexity index is 724. The van der Waals surface area contributed by atoms with Gasteiger partial charge in [0.25, 0.3) is 0 Å². The number of nitrogens with zero attached hydrogens (tertiary/aromatic N) is 2. The van der Waals surface area contributed by atoms with E-state index in [2.05, 4.69) is 9.59 Å². The molecule has 1 heterocycles. The van der Waals surface area contributed by atoms with E-state index in [0.717, 1.165) is 30.8 Å². The van der Waals surface area contributed by atoms with Crippen LogP contribution in [0.5, 0.6) is 0 Å². The first-order valence-electron chi connectivity index (χ1n) is 7.26. The number of ether oxygens (including phenoxy) is 1. The first kappa shape index (κ1) is 14.8. The van der Waals surface area contributed by atoms with Gasteiger partial charge in [0.05, 0.1) is 5.69 Å². The van der Waals surface area contributed by atoms with Gasteiger partial charge in [-0.2, -0.15) is 0 Å². The predicted molar refractivity (Wildman–Crippen MR) is 82.3 cm³/mol. The zero-order chi connectivity index (χ0) is 15.5. The number of aromatic nitrogens is 2. The average molecular weight is 316 g/mol. The van der Waals surface area contributed by atoms with E-state index in [1.54, 1.807) is 6.92 Å². The normalized spacial score (nSPS) is 13.5. The van der Waals surface area contributed by atoms with Gasteiger partial charge in [0.2, 0.25) is 0 Å². The van der Waals surface area contributed by atoms with Gasteiger partial charge in [0, 0.05) is 5.56 Å². The van der Waals surface area contributed by atoms with Crippen molar-refractivity contribution >= 4 is 23.3 Å². The number of hydrogen-bond donors (Lipinski definition) is 0. The Balaban J connectivity index is 1.65. The van der Waals surface area contributed by atoms with Crippen molar-refractivity contribution in [2.45, 2.75) is 32.6 Å². The fourth-order valence-electron chi connectivity index (χ4n) is 2.61. The molecule has 0 radical (unpaired) electrons. The lowest BCUT2D eigenvalue weighted by molar-refractivity contribution is 0.0478. The number of hydrogen-bond acceptors (Lipinski definition) is 6. The summed E-state index contributed by atoms with van der Waals surface area (Å²) in [6, 6.07) is 5.77. The number of fused-ring (bicyclic) bond motifs is 1. The molecule has 22 heavy (non-hydrogen) atoms. The number of carbonyl (C=O) groups excluding carboxylic acids is 2. The van der Waals surface area contributed by atoms with Gasteiger partial charge < -0.3 is 4.74 Å². The highest BCUT2D eigenvalue weighted by Gasteiger charge is 2.18. The highest BCUT2D eigenvalue weighted by Crippen LogP contribution is 2.22. The number of rotatable bonds is 4. The van der Waals surface area contributed by atoms with Crippen molar-refractivity contribution in [2.24, 2.45) is 0 Å². The topological polar surface area (TPSA) is 69.2 Å². The van der Waals surface area contributed by atoms with Crippen molar-refractivity contribution in [3.63, 3.8) is 0 Å². The van der Waals surface area contributed by atoms with Gasteiger partial charge in [-0.15, -0.1) is 5.10 Å². The summed E-state index contributed by atoms with van der Waals surface area (Å²) in [6.45, 7) is 1.43. The fraction of sp³-hybridized carbons (Fsp3) is 0.375. The van der Waals surface area contributed by atoms with E-state index in [0.29, 0.717) is 16.1 Å². The zero-order valence-corrected chi connectivity index (χ0v) is 13.1. The molecule has 0 atom stereocenters. The summed E-state index contributed by atoms with van der Waals surface area (Å²) in [5.41, 5.74) is 3.70. The Morgan fingerprint density at radius 3 is 2.73 bits per heavy atom. The maximum Gasteiger partial charge on any atom is 0.352 e. The lowest BCUT2D eigenvalue weighted by Gasteiger charge is -2.16. The highest BCUT2D eigenvalue weighted by atomic mass is 32.1. The molecule has 5 nitrogen and oxygen atoms in total. The zero-order valence-electron chi connectivity index (χ0n) is 12.3. The Morgan fingerprint density at radius 1 is 1.23 bits per heavy atom. The summed E-state index contributed by atoms with van der Waals surface area (Å²) in [4.78, 5) is 24.4. The second-order valence-electron chi connectivity index (χ2n) is 5.38. The SMILES string of the molecule is Cc1nnsc1C(=O)OCC(=O)c1ccc2c(c1)CCCC2. The van der Waals surface area contributed by atoms with Gasteiger partial charge in [0.15, 0.2) is 17.3 Å². The van der Waals surface area contributed by atoms with Crippen LogP contribution in [-0.4, -0.2) is 27.9 Å². The number of carbonyl (C=O) groups is 2. The quantitative estimate of drug-likeness (QED) is 0.641. The minimum atomic E-state index is -0.543. The lowest BCUT2D eigenvalue weighted by atomic mass is 9.90. The summed E-state index contributed by atoms with van der Waals surface area (Å²) in [6.07, 6.45) is 4.47. The number of benzene rings is 1. The molecule has 6 heteroatoms. The number of esters is 1. The van der Waals surface area contributed by atoms with Gasteiger partial charge in [-0.1, -0.05) is 16.6 Å². The average Bonchev–Trinajstić information content (AvgIpc) is 2.98. The molecule has 0 unspecified atom stereocenters. The number of ketones is 1. The maximum atomic E-state index is 12.2. The first-order valence-corrected chi connectivity index (χ1v) is 8.03. The van der Waals surface area contributed by atoms with Gasteiger partial charge in [-0.05, 0) is 61.3 Å². The van der Waals surface area contributed by atoms with Crippen molar-refractivity contribution < 1.29 is 14.3 Å². The molecule has 0 aliphatic heterocycles. The van der Waals surface area contributed by atoms with Crippen LogP contribution < -0.4 is 0 Å². The van der Waals surface area contributed by atoms with Crippen LogP contribution in [0.2, 0.25) is 0 Å². The molecule has 2 aromatic rings. The van der Waals surface area contributed by atoms with Gasteiger partial charge in [-0.3, -0.25) is 4.79 Å². The van der Waals surface area contributed by atoms with Crippen LogP contribution >= 0.6 is 11.5 Å². The van der Waals surface area contributed by atoms with Gasteiger partial charge in [0.1, 0.15) is 0 Å². The molecule has 0 N–H and O–H groups in total. The van der Waals surface area contributed by atoms with Crippen molar-refractivity contribution in [1.29, 1.82) is 0 Å². The molecule has 1 aromatic heterocycles. The van der Waals surface area contributed by atoms with Crippen molar-refractivity contribution in [3.05, 3.63) is 45.5 Å². The summed E-state index contributed by atoms with van der Waals surface area (Å²) in [5.74, 6) is -0.726. The Labute approximate surface area is 132 Å². The Hall–Kier alpha value is -2.08. The summed E-state index contributed by atoms with van der Waals surface area (Å²) < 4.78 is 8.75. The second-order valence-corrected chi connectivity index (χ2v) is 6.13. The van der Waals surface area contributed by atoms with Crippen LogP contribution in [0.4, 0.5) is 0 Å². The Morgan fingerprint density at radius 2 is 2.00 bits per heavy atom. The molecule has 0 amide bonds. The van der Waals surface area contributed by atoms with Crippen molar-refractivity contribution in [3.8, 4) is 0 Å². The predicted octanol–water partition coefficient (Wildman–Crippen LogP) is 2.77. The number of aryl methyl sites for hydroxylation is 3. The molecule has 0 fully saturated rings. The van der Waals surface area contributed by atoms with E-state index in [9.17, 15) is 9.59 Å². The molecule has 0 saturated heterocycles. The third kappa shape index (κ3) is 3.06. The molecule has 3 rings (SSSR count). The van der Waals surface area contributed by atoms with E-state index in [1.165, 1.54) is 17.5 Å². The van der Waals surface area contributed by atoms with Crippen LogP contribution in [0, 0.1) is 6.92 Å². The van der Waals surface area contributed by atoms with E-state index in [1.807, 2.05) is 18.2 Å². The maximum absolute atomic E-state index is 12.2. The second kappa shape index (κ2) is 6.36. The molecule has 0 spiro atoms. The number of Topliss-reactive ketones (excluding diaryl/α,β-unsaturated/α-hetero) is 1. The lowest BCUT2D eigenvalue weighted by Crippen LogP contribution is -2.15. The third-order valence-corrected chi connectivity index (χ3v) is 4.65. The largest absolute Gasteiger partial charge is 0.453 e. The molecular weight excluding hydrogens is 300 g/mol. The van der Waals surface area contributed by atoms with E-state index in [-0.39, 0.29) is 12.4 Å². The molecule has 1 aromatic carbocycles. The summed E-state index contributed by atoms with van der Waals surface area (Å²) in [5, 5.41) is 3.75. The van der Waals surface area contributed by atoms with E-state index < -0.39 is 5.97 Å². The monoisotopic (exact) mass is 316 g/mol. The van der Waals surface area contributed by atoms with Gasteiger partial charge in [-0.25, -0.2) is 4.79 Å². The summed E-state index contributed by atoms with van der Waals surface area (Å²) in [7, 11) is 0. The van der Waals surface area contributed by atoms with Gasteiger partial charge >= 0.3 is 5.97 Å². The molecule has 0 saturated carbocycles. The first-order chi connectivity index (χ1) is 10.6. The van der Waals surface area contributed by atoms with Crippen LogP contribution in [-0.2, 0) is 17.6 Å². The van der Waals surface area contributed by atoms with Crippen LogP contribution in [0.1, 0.15) is 49.7 Å². The standard InChI is InChI=1S/C16H16N2O3S/c1-10-15(22-18-17-10)16(20)21-9-14(19)13-7-6-11-4-2-3-5-12(11)8-13/h6-8H,2-5,9H2,1H3. The molecular formula is C16H16N2O3S. The van der Waals surface area contributed by atoms with E-state index >= 15 is 0 Å². The van der Waals surface area contributed by atoms with Crippen molar-refractivity contribution in [2.75, 3.05) is 6.61 Å². The minimum Gasteiger partial charge on any atom is -0.453 e. The third-order valence-electron chi connectivity index (χ3n) is 3.84. The van der Waals surface area contributed by atoms with Crippen LogP contribution in [0.15, 0.2) is 18.2 Å². The molecule has 1 aliphatic carbocycles. The van der Waals surface area contributed by atoms with Crippen LogP contribution in [0.25, 0.3) is 0 Å². The molecule has 0 bridgehead atoms. The highest BCUT2D eigenvalue weighted by molar-refractivity contribution is 7.07. The fourth-order valence-corrected chi connectivity index (χ4v) is 3.16. The van der Waals surface area contributed by atoms with Crippen LogP contribution in [0.3, 0.4) is 0 Å². The Kier molecular flexibility index (Phi) is 4.29.